The number of nitrogens with one attached hydrogen (secondary N) is 2. The molecule has 3 rings (SSSR count). The summed E-state index contributed by atoms with van der Waals surface area (Å²) in [5, 5.41) is 2.76. The van der Waals surface area contributed by atoms with Crippen molar-refractivity contribution in [2.24, 2.45) is 5.92 Å². The zero-order chi connectivity index (χ0) is 23.1. The van der Waals surface area contributed by atoms with E-state index in [1.807, 2.05) is 0 Å². The Hall–Kier alpha value is -2.95. The second-order valence-corrected chi connectivity index (χ2v) is 9.13. The minimum absolute atomic E-state index is 0.106. The third kappa shape index (κ3) is 5.84. The Morgan fingerprint density at radius 1 is 1.09 bits per heavy atom. The number of anilines is 2. The summed E-state index contributed by atoms with van der Waals surface area (Å²) in [5.41, 5.74) is 1.17. The van der Waals surface area contributed by atoms with Crippen LogP contribution >= 0.6 is 0 Å². The summed E-state index contributed by atoms with van der Waals surface area (Å²) in [4.78, 5) is 26.8. The quantitative estimate of drug-likeness (QED) is 0.523. The van der Waals surface area contributed by atoms with Crippen LogP contribution in [-0.4, -0.2) is 54.1 Å². The van der Waals surface area contributed by atoms with Crippen LogP contribution in [0.2, 0.25) is 0 Å². The fraction of sp³-hybridized carbons (Fsp3) is 0.364. The molecule has 1 atom stereocenters. The van der Waals surface area contributed by atoms with Crippen LogP contribution in [0.4, 0.5) is 11.4 Å². The zero-order valence-corrected chi connectivity index (χ0v) is 18.9. The molecule has 1 aliphatic heterocycles. The summed E-state index contributed by atoms with van der Waals surface area (Å²) >= 11 is 0. The van der Waals surface area contributed by atoms with Crippen molar-refractivity contribution in [2.45, 2.75) is 17.7 Å². The average molecular weight is 462 g/mol. The number of carbonyl (C=O) groups is 2. The van der Waals surface area contributed by atoms with Crippen molar-refractivity contribution in [1.29, 1.82) is 0 Å². The van der Waals surface area contributed by atoms with E-state index in [1.54, 1.807) is 43.4 Å². The van der Waals surface area contributed by atoms with E-state index in [1.165, 1.54) is 24.3 Å². The summed E-state index contributed by atoms with van der Waals surface area (Å²) in [6.07, 6.45) is 0.674. The third-order valence-electron chi connectivity index (χ3n) is 5.13. The van der Waals surface area contributed by atoms with Crippen molar-refractivity contribution in [3.63, 3.8) is 0 Å². The normalized spacial score (nSPS) is 16.2. The largest absolute Gasteiger partial charge is 0.497 e. The SMILES string of the molecule is COCCCNS(=O)(=O)c1ccc(NC(=O)C2CC(=O)N(c3ccc(OC)cc3)C2)cc1. The van der Waals surface area contributed by atoms with Crippen molar-refractivity contribution in [1.82, 2.24) is 4.72 Å². The molecule has 1 heterocycles. The van der Waals surface area contributed by atoms with Gasteiger partial charge in [-0.05, 0) is 55.0 Å². The maximum Gasteiger partial charge on any atom is 0.240 e. The van der Waals surface area contributed by atoms with Crippen molar-refractivity contribution in [3.8, 4) is 5.75 Å². The Morgan fingerprint density at radius 3 is 2.41 bits per heavy atom. The first-order valence-corrected chi connectivity index (χ1v) is 11.7. The van der Waals surface area contributed by atoms with Gasteiger partial charge < -0.3 is 19.7 Å². The van der Waals surface area contributed by atoms with Gasteiger partial charge in [-0.1, -0.05) is 0 Å². The predicted molar refractivity (Wildman–Crippen MR) is 120 cm³/mol. The number of rotatable bonds is 10. The monoisotopic (exact) mass is 461 g/mol. The van der Waals surface area contributed by atoms with Gasteiger partial charge in [0.25, 0.3) is 0 Å². The molecule has 2 N–H and O–H groups in total. The van der Waals surface area contributed by atoms with Gasteiger partial charge >= 0.3 is 0 Å². The van der Waals surface area contributed by atoms with Gasteiger partial charge in [-0.15, -0.1) is 0 Å². The van der Waals surface area contributed by atoms with Crippen molar-refractivity contribution in [3.05, 3.63) is 48.5 Å². The number of ether oxygens (including phenoxy) is 2. The van der Waals surface area contributed by atoms with Crippen molar-refractivity contribution in [2.75, 3.05) is 44.1 Å². The van der Waals surface area contributed by atoms with Gasteiger partial charge in [0.05, 0.1) is 17.9 Å². The molecule has 2 amide bonds. The minimum atomic E-state index is -3.63. The molecule has 1 fully saturated rings. The van der Waals surface area contributed by atoms with E-state index in [2.05, 4.69) is 10.0 Å². The minimum Gasteiger partial charge on any atom is -0.497 e. The van der Waals surface area contributed by atoms with E-state index in [9.17, 15) is 18.0 Å². The molecule has 9 nitrogen and oxygen atoms in total. The zero-order valence-electron chi connectivity index (χ0n) is 18.0. The molecule has 0 aromatic heterocycles. The molecular weight excluding hydrogens is 434 g/mol. The average Bonchev–Trinajstić information content (AvgIpc) is 3.19. The molecule has 32 heavy (non-hydrogen) atoms. The standard InChI is InChI=1S/C22H27N3O6S/c1-30-13-3-12-23-32(28,29)20-10-4-17(5-11-20)24-22(27)16-14-21(26)25(15-16)18-6-8-19(31-2)9-7-18/h4-11,16,23H,3,12-15H2,1-2H3,(H,24,27). The topological polar surface area (TPSA) is 114 Å². The van der Waals surface area contributed by atoms with Gasteiger partial charge in [-0.3, -0.25) is 9.59 Å². The van der Waals surface area contributed by atoms with Crippen molar-refractivity contribution >= 4 is 33.2 Å². The Morgan fingerprint density at radius 2 is 1.78 bits per heavy atom. The number of nitrogens with zero attached hydrogens (tertiary/aromatic N) is 1. The van der Waals surface area contributed by atoms with Crippen LogP contribution < -0.4 is 19.7 Å². The fourth-order valence-electron chi connectivity index (χ4n) is 3.36. The van der Waals surface area contributed by atoms with Crippen LogP contribution in [0.15, 0.2) is 53.4 Å². The second kappa shape index (κ2) is 10.6. The highest BCUT2D eigenvalue weighted by Crippen LogP contribution is 2.27. The van der Waals surface area contributed by atoms with Crippen LogP contribution in [0, 0.1) is 5.92 Å². The van der Waals surface area contributed by atoms with E-state index in [-0.39, 0.29) is 36.2 Å². The smallest absolute Gasteiger partial charge is 0.240 e. The number of amides is 2. The van der Waals surface area contributed by atoms with E-state index in [4.69, 9.17) is 9.47 Å². The Bertz CT molecular complexity index is 1040. The molecule has 0 radical (unpaired) electrons. The van der Waals surface area contributed by atoms with Gasteiger partial charge in [-0.25, -0.2) is 13.1 Å². The highest BCUT2D eigenvalue weighted by Gasteiger charge is 2.35. The number of sulfonamides is 1. The van der Waals surface area contributed by atoms with Gasteiger partial charge in [0.2, 0.25) is 21.8 Å². The molecule has 2 aromatic rings. The summed E-state index contributed by atoms with van der Waals surface area (Å²) in [7, 11) is -0.508. The van der Waals surface area contributed by atoms with Gasteiger partial charge in [0.1, 0.15) is 5.75 Å². The lowest BCUT2D eigenvalue weighted by atomic mass is 10.1. The van der Waals surface area contributed by atoms with E-state index >= 15 is 0 Å². The molecule has 1 aliphatic rings. The van der Waals surface area contributed by atoms with E-state index < -0.39 is 15.9 Å². The van der Waals surface area contributed by atoms with E-state index in [0.717, 1.165) is 0 Å². The first-order valence-electron chi connectivity index (χ1n) is 10.2. The number of hydrogen-bond donors (Lipinski definition) is 2. The molecule has 172 valence electrons. The number of hydrogen-bond acceptors (Lipinski definition) is 6. The Balaban J connectivity index is 1.58. The number of methoxy groups -OCH3 is 2. The van der Waals surface area contributed by atoms with E-state index in [0.29, 0.717) is 30.2 Å². The summed E-state index contributed by atoms with van der Waals surface area (Å²) < 4.78 is 37.1. The van der Waals surface area contributed by atoms with Crippen LogP contribution in [0.1, 0.15) is 12.8 Å². The number of carbonyl (C=O) groups excluding carboxylic acids is 2. The lowest BCUT2D eigenvalue weighted by Crippen LogP contribution is -2.28. The second-order valence-electron chi connectivity index (χ2n) is 7.36. The molecular formula is C22H27N3O6S. The van der Waals surface area contributed by atoms with Crippen LogP contribution in [0.25, 0.3) is 0 Å². The third-order valence-corrected chi connectivity index (χ3v) is 6.61. The fourth-order valence-corrected chi connectivity index (χ4v) is 4.44. The van der Waals surface area contributed by atoms with Crippen LogP contribution in [0.5, 0.6) is 5.75 Å². The van der Waals surface area contributed by atoms with Gasteiger partial charge in [-0.2, -0.15) is 0 Å². The molecule has 2 aromatic carbocycles. The predicted octanol–water partition coefficient (Wildman–Crippen LogP) is 2.00. The Kier molecular flexibility index (Phi) is 7.84. The van der Waals surface area contributed by atoms with Gasteiger partial charge in [0.15, 0.2) is 0 Å². The number of benzene rings is 2. The lowest BCUT2D eigenvalue weighted by molar-refractivity contribution is -0.122. The molecule has 0 saturated carbocycles. The van der Waals surface area contributed by atoms with Crippen LogP contribution in [-0.2, 0) is 24.3 Å². The van der Waals surface area contributed by atoms with Gasteiger partial charge in [0, 0.05) is 44.6 Å². The highest BCUT2D eigenvalue weighted by molar-refractivity contribution is 7.89. The molecule has 10 heteroatoms. The maximum absolute atomic E-state index is 12.7. The van der Waals surface area contributed by atoms with Crippen molar-refractivity contribution < 1.29 is 27.5 Å². The summed E-state index contributed by atoms with van der Waals surface area (Å²) in [6.45, 7) is 1.01. The molecule has 1 saturated heterocycles. The first-order chi connectivity index (χ1) is 15.3. The molecule has 0 spiro atoms. The molecule has 0 aliphatic carbocycles. The highest BCUT2D eigenvalue weighted by atomic mass is 32.2. The lowest BCUT2D eigenvalue weighted by Gasteiger charge is -2.17. The first kappa shape index (κ1) is 23.7. The molecule has 0 bridgehead atoms. The Labute approximate surface area is 187 Å². The molecule has 1 unspecified atom stereocenters. The summed E-state index contributed by atoms with van der Waals surface area (Å²) in [6, 6.07) is 13.0. The van der Waals surface area contributed by atoms with Crippen LogP contribution in [0.3, 0.4) is 0 Å². The maximum atomic E-state index is 12.7. The summed E-state index contributed by atoms with van der Waals surface area (Å²) in [5.74, 6) is -0.236.